The fourth-order valence-corrected chi connectivity index (χ4v) is 1.23. The highest BCUT2D eigenvalue weighted by Gasteiger charge is 2.13. The van der Waals surface area contributed by atoms with Crippen LogP contribution >= 0.6 is 0 Å². The Morgan fingerprint density at radius 2 is 2.29 bits per heavy atom. The minimum absolute atomic E-state index is 0.109. The first-order valence-corrected chi connectivity index (χ1v) is 4.99. The summed E-state index contributed by atoms with van der Waals surface area (Å²) in [6.45, 7) is 2.34. The molecule has 0 aliphatic carbocycles. The zero-order valence-corrected chi connectivity index (χ0v) is 9.30. The molecule has 1 atom stereocenters. The standard InChI is InChI=1S/C10H14N2O5/c1-6(12-4-5-16-10(11)15)7-2-3-8(17-7)9(13)14/h2-3,6,12H,4-5H2,1H3,(H2,11,15)(H,13,14). The van der Waals surface area contributed by atoms with E-state index in [0.717, 1.165) is 0 Å². The fraction of sp³-hybridized carbons (Fsp3) is 0.400. The summed E-state index contributed by atoms with van der Waals surface area (Å²) in [4.78, 5) is 20.9. The van der Waals surface area contributed by atoms with Crippen molar-refractivity contribution < 1.29 is 23.8 Å². The average molecular weight is 242 g/mol. The third kappa shape index (κ3) is 4.15. The van der Waals surface area contributed by atoms with Crippen LogP contribution in [0.1, 0.15) is 29.3 Å². The van der Waals surface area contributed by atoms with Crippen LogP contribution in [0.15, 0.2) is 16.5 Å². The number of amides is 1. The molecule has 1 heterocycles. The van der Waals surface area contributed by atoms with Gasteiger partial charge in [0.1, 0.15) is 12.4 Å². The Morgan fingerprint density at radius 3 is 2.82 bits per heavy atom. The van der Waals surface area contributed by atoms with Crippen molar-refractivity contribution in [2.24, 2.45) is 5.73 Å². The summed E-state index contributed by atoms with van der Waals surface area (Å²) >= 11 is 0. The molecular weight excluding hydrogens is 228 g/mol. The van der Waals surface area contributed by atoms with Crippen LogP contribution in [0.3, 0.4) is 0 Å². The molecule has 0 aromatic carbocycles. The topological polar surface area (TPSA) is 115 Å². The Hall–Kier alpha value is -2.02. The summed E-state index contributed by atoms with van der Waals surface area (Å²) in [7, 11) is 0. The van der Waals surface area contributed by atoms with Gasteiger partial charge >= 0.3 is 12.1 Å². The third-order valence-corrected chi connectivity index (χ3v) is 2.06. The largest absolute Gasteiger partial charge is 0.475 e. The SMILES string of the molecule is CC(NCCOC(N)=O)c1ccc(C(=O)O)o1. The second-order valence-corrected chi connectivity index (χ2v) is 3.35. The van der Waals surface area contributed by atoms with Crippen molar-refractivity contribution in [3.63, 3.8) is 0 Å². The summed E-state index contributed by atoms with van der Waals surface area (Å²) in [6, 6.07) is 2.78. The lowest BCUT2D eigenvalue weighted by molar-refractivity contribution is 0.0659. The number of carboxylic acid groups (broad SMARTS) is 1. The molecule has 4 N–H and O–H groups in total. The zero-order valence-electron chi connectivity index (χ0n) is 9.30. The van der Waals surface area contributed by atoms with Crippen LogP contribution in [0.25, 0.3) is 0 Å². The second kappa shape index (κ2) is 5.90. The predicted molar refractivity (Wildman–Crippen MR) is 57.6 cm³/mol. The first-order chi connectivity index (χ1) is 8.00. The van der Waals surface area contributed by atoms with Crippen LogP contribution in [0.2, 0.25) is 0 Å². The Balaban J connectivity index is 2.38. The number of furan rings is 1. The summed E-state index contributed by atoms with van der Waals surface area (Å²) < 4.78 is 9.61. The lowest BCUT2D eigenvalue weighted by Gasteiger charge is -2.10. The van der Waals surface area contributed by atoms with E-state index in [-0.39, 0.29) is 18.4 Å². The van der Waals surface area contributed by atoms with Gasteiger partial charge in [0.25, 0.3) is 0 Å². The number of rotatable bonds is 6. The minimum Gasteiger partial charge on any atom is -0.475 e. The monoisotopic (exact) mass is 242 g/mol. The van der Waals surface area contributed by atoms with Gasteiger partial charge in [-0.1, -0.05) is 0 Å². The van der Waals surface area contributed by atoms with E-state index in [4.69, 9.17) is 15.3 Å². The quantitative estimate of drug-likeness (QED) is 0.633. The van der Waals surface area contributed by atoms with E-state index in [9.17, 15) is 9.59 Å². The summed E-state index contributed by atoms with van der Waals surface area (Å²) in [5.74, 6) is -0.718. The molecule has 0 bridgehead atoms. The number of nitrogens with two attached hydrogens (primary N) is 1. The lowest BCUT2D eigenvalue weighted by Crippen LogP contribution is -2.25. The van der Waals surface area contributed by atoms with Crippen LogP contribution < -0.4 is 11.1 Å². The van der Waals surface area contributed by atoms with E-state index < -0.39 is 12.1 Å². The molecule has 0 saturated carbocycles. The van der Waals surface area contributed by atoms with Gasteiger partial charge in [-0.25, -0.2) is 9.59 Å². The molecule has 0 spiro atoms. The van der Waals surface area contributed by atoms with Gasteiger partial charge in [-0.05, 0) is 19.1 Å². The van der Waals surface area contributed by atoms with E-state index in [2.05, 4.69) is 10.1 Å². The van der Waals surface area contributed by atoms with Gasteiger partial charge in [-0.2, -0.15) is 0 Å². The molecule has 0 aliphatic heterocycles. The van der Waals surface area contributed by atoms with Crippen LogP contribution in [0.5, 0.6) is 0 Å². The van der Waals surface area contributed by atoms with Crippen molar-refractivity contribution in [1.29, 1.82) is 0 Å². The van der Waals surface area contributed by atoms with Crippen LogP contribution in [0.4, 0.5) is 4.79 Å². The highest BCUT2D eigenvalue weighted by atomic mass is 16.5. The van der Waals surface area contributed by atoms with Gasteiger partial charge in [-0.15, -0.1) is 0 Å². The smallest absolute Gasteiger partial charge is 0.404 e. The fourth-order valence-electron chi connectivity index (χ4n) is 1.23. The van der Waals surface area contributed by atoms with Crippen molar-refractivity contribution in [3.05, 3.63) is 23.7 Å². The molecule has 0 fully saturated rings. The van der Waals surface area contributed by atoms with Gasteiger partial charge in [0.05, 0.1) is 6.04 Å². The molecule has 0 radical (unpaired) electrons. The average Bonchev–Trinajstić information content (AvgIpc) is 2.73. The Labute approximate surface area is 97.5 Å². The number of hydrogen-bond donors (Lipinski definition) is 3. The van der Waals surface area contributed by atoms with E-state index in [1.807, 2.05) is 0 Å². The number of carbonyl (C=O) groups excluding carboxylic acids is 1. The Morgan fingerprint density at radius 1 is 1.59 bits per heavy atom. The summed E-state index contributed by atoms with van der Waals surface area (Å²) in [6.07, 6.45) is -0.828. The number of carboxylic acids is 1. The molecule has 0 saturated heterocycles. The maximum absolute atomic E-state index is 10.6. The molecule has 1 aromatic heterocycles. The number of hydrogen-bond acceptors (Lipinski definition) is 5. The van der Waals surface area contributed by atoms with E-state index in [1.54, 1.807) is 13.0 Å². The molecule has 1 amide bonds. The van der Waals surface area contributed by atoms with Crippen molar-refractivity contribution >= 4 is 12.1 Å². The Kier molecular flexibility index (Phi) is 4.53. The molecule has 1 rings (SSSR count). The van der Waals surface area contributed by atoms with Crippen LogP contribution in [-0.4, -0.2) is 30.3 Å². The van der Waals surface area contributed by atoms with Crippen molar-refractivity contribution in [2.45, 2.75) is 13.0 Å². The number of primary amides is 1. The third-order valence-electron chi connectivity index (χ3n) is 2.06. The first kappa shape index (κ1) is 13.0. The lowest BCUT2D eigenvalue weighted by atomic mass is 10.2. The highest BCUT2D eigenvalue weighted by Crippen LogP contribution is 2.15. The number of carbonyl (C=O) groups is 2. The summed E-state index contributed by atoms with van der Waals surface area (Å²) in [5, 5.41) is 11.7. The van der Waals surface area contributed by atoms with Gasteiger partial charge < -0.3 is 25.3 Å². The number of aromatic carboxylic acids is 1. The zero-order chi connectivity index (χ0) is 12.8. The van der Waals surface area contributed by atoms with Crippen LogP contribution in [0, 0.1) is 0 Å². The van der Waals surface area contributed by atoms with Crippen LogP contribution in [-0.2, 0) is 4.74 Å². The molecule has 7 nitrogen and oxygen atoms in total. The first-order valence-electron chi connectivity index (χ1n) is 4.99. The van der Waals surface area contributed by atoms with Crippen molar-refractivity contribution in [1.82, 2.24) is 5.32 Å². The van der Waals surface area contributed by atoms with Crippen molar-refractivity contribution in [3.8, 4) is 0 Å². The summed E-state index contributed by atoms with van der Waals surface area (Å²) in [5.41, 5.74) is 4.78. The Bertz CT molecular complexity index is 401. The predicted octanol–water partition coefficient (Wildman–Crippen LogP) is 0.724. The molecule has 94 valence electrons. The van der Waals surface area contributed by atoms with Gasteiger partial charge in [0, 0.05) is 6.54 Å². The molecule has 7 heteroatoms. The molecular formula is C10H14N2O5. The number of ether oxygens (including phenoxy) is 1. The number of nitrogens with one attached hydrogen (secondary N) is 1. The molecule has 1 unspecified atom stereocenters. The van der Waals surface area contributed by atoms with E-state index in [1.165, 1.54) is 6.07 Å². The highest BCUT2D eigenvalue weighted by molar-refractivity contribution is 5.84. The molecule has 17 heavy (non-hydrogen) atoms. The van der Waals surface area contributed by atoms with Gasteiger partial charge in [-0.3, -0.25) is 0 Å². The maximum Gasteiger partial charge on any atom is 0.404 e. The van der Waals surface area contributed by atoms with Gasteiger partial charge in [0.2, 0.25) is 5.76 Å². The molecule has 1 aromatic rings. The van der Waals surface area contributed by atoms with E-state index >= 15 is 0 Å². The van der Waals surface area contributed by atoms with Gasteiger partial charge in [0.15, 0.2) is 0 Å². The van der Waals surface area contributed by atoms with E-state index in [0.29, 0.717) is 12.3 Å². The second-order valence-electron chi connectivity index (χ2n) is 3.35. The maximum atomic E-state index is 10.6. The van der Waals surface area contributed by atoms with Crippen molar-refractivity contribution in [2.75, 3.05) is 13.2 Å². The minimum atomic E-state index is -1.11. The normalized spacial score (nSPS) is 12.1. The molecule has 0 aliphatic rings.